The second-order valence-electron chi connectivity index (χ2n) is 7.14. The summed E-state index contributed by atoms with van der Waals surface area (Å²) in [5.41, 5.74) is 0.769. The molecule has 3 rings (SSSR count). The second-order valence-corrected chi connectivity index (χ2v) is 7.14. The van der Waals surface area contributed by atoms with Crippen LogP contribution in [0.3, 0.4) is 0 Å². The summed E-state index contributed by atoms with van der Waals surface area (Å²) in [5.74, 6) is 0. The van der Waals surface area contributed by atoms with Gasteiger partial charge in [0.1, 0.15) is 6.10 Å². The SMILES string of the molecule is CC.CC.CC.CN1CCC(OC(=O)Nc2ccccc2)CC1.COC1CCN(C)CC1. The number of benzene rings is 1. The first-order chi connectivity index (χ1) is 15.6. The lowest BCUT2D eigenvalue weighted by Gasteiger charge is -2.28. The lowest BCUT2D eigenvalue weighted by molar-refractivity contribution is 0.0484. The summed E-state index contributed by atoms with van der Waals surface area (Å²) in [4.78, 5) is 16.2. The van der Waals surface area contributed by atoms with Gasteiger partial charge in [0.2, 0.25) is 0 Å². The van der Waals surface area contributed by atoms with E-state index in [-0.39, 0.29) is 12.2 Å². The van der Waals surface area contributed by atoms with Crippen molar-refractivity contribution in [3.05, 3.63) is 30.3 Å². The van der Waals surface area contributed by atoms with E-state index in [4.69, 9.17) is 9.47 Å². The molecule has 0 aliphatic carbocycles. The summed E-state index contributed by atoms with van der Waals surface area (Å²) in [6.07, 6.45) is 4.46. The molecule has 1 N–H and O–H groups in total. The van der Waals surface area contributed by atoms with Crippen LogP contribution in [0.5, 0.6) is 0 Å². The monoisotopic (exact) mass is 453 g/mol. The van der Waals surface area contributed by atoms with Crippen LogP contribution in [0, 0.1) is 0 Å². The third-order valence-electron chi connectivity index (χ3n) is 4.96. The minimum Gasteiger partial charge on any atom is -0.446 e. The second kappa shape index (κ2) is 22.6. The van der Waals surface area contributed by atoms with Crippen molar-refractivity contribution < 1.29 is 14.3 Å². The van der Waals surface area contributed by atoms with E-state index in [1.54, 1.807) is 7.11 Å². The molecule has 188 valence electrons. The molecule has 0 unspecified atom stereocenters. The van der Waals surface area contributed by atoms with E-state index in [9.17, 15) is 4.79 Å². The predicted octanol–water partition coefficient (Wildman–Crippen LogP) is 6.13. The van der Waals surface area contributed by atoms with Crippen LogP contribution in [0.25, 0.3) is 0 Å². The molecule has 1 aromatic rings. The molecule has 32 heavy (non-hydrogen) atoms. The average Bonchev–Trinajstić information content (AvgIpc) is 2.86. The third kappa shape index (κ3) is 16.1. The molecular formula is C26H51N3O3. The number of para-hydroxylation sites is 1. The number of nitrogens with zero attached hydrogens (tertiary/aromatic N) is 2. The summed E-state index contributed by atoms with van der Waals surface area (Å²) < 4.78 is 10.6. The maximum atomic E-state index is 11.6. The van der Waals surface area contributed by atoms with Crippen LogP contribution in [-0.4, -0.2) is 75.5 Å². The zero-order valence-electron chi connectivity index (χ0n) is 22.3. The van der Waals surface area contributed by atoms with Crippen molar-refractivity contribution in [2.24, 2.45) is 0 Å². The van der Waals surface area contributed by atoms with Crippen LogP contribution in [0.1, 0.15) is 67.2 Å². The Balaban J connectivity index is 0. The number of piperidine rings is 2. The maximum absolute atomic E-state index is 11.6. The first-order valence-corrected chi connectivity index (χ1v) is 12.5. The van der Waals surface area contributed by atoms with E-state index >= 15 is 0 Å². The van der Waals surface area contributed by atoms with Gasteiger partial charge in [0.15, 0.2) is 0 Å². The lowest BCUT2D eigenvalue weighted by atomic mass is 10.1. The summed E-state index contributed by atoms with van der Waals surface area (Å²) in [5, 5.41) is 2.73. The number of nitrogens with one attached hydrogen (secondary N) is 1. The molecule has 0 radical (unpaired) electrons. The van der Waals surface area contributed by atoms with Gasteiger partial charge in [0, 0.05) is 39.0 Å². The highest BCUT2D eigenvalue weighted by Gasteiger charge is 2.20. The molecular weight excluding hydrogens is 402 g/mol. The molecule has 0 bridgehead atoms. The molecule has 0 saturated carbocycles. The van der Waals surface area contributed by atoms with Gasteiger partial charge < -0.3 is 19.3 Å². The van der Waals surface area contributed by atoms with Gasteiger partial charge in [-0.15, -0.1) is 0 Å². The van der Waals surface area contributed by atoms with Crippen LogP contribution in [0.15, 0.2) is 30.3 Å². The fourth-order valence-electron chi connectivity index (χ4n) is 3.14. The van der Waals surface area contributed by atoms with E-state index in [1.807, 2.05) is 71.9 Å². The lowest BCUT2D eigenvalue weighted by Crippen LogP contribution is -2.36. The Morgan fingerprint density at radius 1 is 0.781 bits per heavy atom. The van der Waals surface area contributed by atoms with E-state index in [0.29, 0.717) is 6.10 Å². The van der Waals surface area contributed by atoms with Crippen molar-refractivity contribution in [2.75, 3.05) is 52.7 Å². The number of amides is 1. The van der Waals surface area contributed by atoms with Gasteiger partial charge in [-0.2, -0.15) is 0 Å². The van der Waals surface area contributed by atoms with Crippen molar-refractivity contribution in [1.29, 1.82) is 0 Å². The van der Waals surface area contributed by atoms with E-state index in [2.05, 4.69) is 29.2 Å². The molecule has 2 aliphatic heterocycles. The van der Waals surface area contributed by atoms with Gasteiger partial charge in [-0.25, -0.2) is 4.79 Å². The first-order valence-electron chi connectivity index (χ1n) is 12.5. The van der Waals surface area contributed by atoms with Crippen molar-refractivity contribution in [1.82, 2.24) is 9.80 Å². The number of anilines is 1. The molecule has 2 fully saturated rings. The summed E-state index contributed by atoms with van der Waals surface area (Å²) in [6, 6.07) is 9.36. The summed E-state index contributed by atoms with van der Waals surface area (Å²) >= 11 is 0. The highest BCUT2D eigenvalue weighted by molar-refractivity contribution is 5.84. The Bertz CT molecular complexity index is 512. The smallest absolute Gasteiger partial charge is 0.411 e. The van der Waals surface area contributed by atoms with Crippen molar-refractivity contribution >= 4 is 11.8 Å². The van der Waals surface area contributed by atoms with Gasteiger partial charge in [-0.3, -0.25) is 5.32 Å². The predicted molar refractivity (Wildman–Crippen MR) is 139 cm³/mol. The van der Waals surface area contributed by atoms with Gasteiger partial charge in [-0.1, -0.05) is 59.7 Å². The highest BCUT2D eigenvalue weighted by atomic mass is 16.6. The zero-order chi connectivity index (χ0) is 24.8. The molecule has 0 atom stereocenters. The van der Waals surface area contributed by atoms with Crippen LogP contribution >= 0.6 is 0 Å². The van der Waals surface area contributed by atoms with Gasteiger partial charge >= 0.3 is 6.09 Å². The number of carbonyl (C=O) groups excluding carboxylic acids is 1. The van der Waals surface area contributed by atoms with Gasteiger partial charge in [0.25, 0.3) is 0 Å². The Morgan fingerprint density at radius 2 is 1.19 bits per heavy atom. The number of methoxy groups -OCH3 is 1. The quantitative estimate of drug-likeness (QED) is 0.596. The summed E-state index contributed by atoms with van der Waals surface area (Å²) in [7, 11) is 6.04. The number of carbonyl (C=O) groups is 1. The van der Waals surface area contributed by atoms with E-state index < -0.39 is 0 Å². The van der Waals surface area contributed by atoms with Crippen LogP contribution in [0.2, 0.25) is 0 Å². The van der Waals surface area contributed by atoms with Crippen molar-refractivity contribution in [3.8, 4) is 0 Å². The summed E-state index contributed by atoms with van der Waals surface area (Å²) in [6.45, 7) is 16.4. The number of likely N-dealkylation sites (tertiary alicyclic amines) is 2. The van der Waals surface area contributed by atoms with Crippen LogP contribution in [-0.2, 0) is 9.47 Å². The number of ether oxygens (including phenoxy) is 2. The molecule has 0 aromatic heterocycles. The fraction of sp³-hybridized carbons (Fsp3) is 0.731. The minimum atomic E-state index is -0.356. The molecule has 1 amide bonds. The standard InChI is InChI=1S/C13H18N2O2.C7H15NO.3C2H6/c1-15-9-7-12(8-10-15)17-13(16)14-11-5-3-2-4-6-11;1-8-5-3-7(9-2)4-6-8;3*1-2/h2-6,12H,7-10H2,1H3,(H,14,16);7H,3-6H2,1-2H3;3*1-2H3. The van der Waals surface area contributed by atoms with E-state index in [1.165, 1.54) is 25.9 Å². The van der Waals surface area contributed by atoms with Crippen LogP contribution in [0.4, 0.5) is 10.5 Å². The highest BCUT2D eigenvalue weighted by Crippen LogP contribution is 2.14. The minimum absolute atomic E-state index is 0.0508. The first kappa shape index (κ1) is 32.5. The van der Waals surface area contributed by atoms with E-state index in [0.717, 1.165) is 31.6 Å². The molecule has 6 heteroatoms. The number of hydrogen-bond donors (Lipinski definition) is 1. The molecule has 2 aliphatic rings. The Morgan fingerprint density at radius 3 is 1.59 bits per heavy atom. The molecule has 2 heterocycles. The Kier molecular flexibility index (Phi) is 22.9. The molecule has 2 saturated heterocycles. The average molecular weight is 454 g/mol. The largest absolute Gasteiger partial charge is 0.446 e. The molecule has 6 nitrogen and oxygen atoms in total. The fourth-order valence-corrected chi connectivity index (χ4v) is 3.14. The topological polar surface area (TPSA) is 54.0 Å². The maximum Gasteiger partial charge on any atom is 0.411 e. The number of hydrogen-bond acceptors (Lipinski definition) is 5. The zero-order valence-corrected chi connectivity index (χ0v) is 22.3. The van der Waals surface area contributed by atoms with Crippen LogP contribution < -0.4 is 5.32 Å². The Hall–Kier alpha value is -1.63. The normalized spacial score (nSPS) is 16.9. The third-order valence-corrected chi connectivity index (χ3v) is 4.96. The van der Waals surface area contributed by atoms with Gasteiger partial charge in [-0.05, 0) is 51.9 Å². The number of rotatable bonds is 3. The molecule has 1 aromatic carbocycles. The van der Waals surface area contributed by atoms with Crippen molar-refractivity contribution in [2.45, 2.75) is 79.4 Å². The Labute approximate surface area is 198 Å². The van der Waals surface area contributed by atoms with Crippen molar-refractivity contribution in [3.63, 3.8) is 0 Å². The molecule has 0 spiro atoms. The van der Waals surface area contributed by atoms with Gasteiger partial charge in [0.05, 0.1) is 6.10 Å².